The smallest absolute Gasteiger partial charge is 0.228 e. The lowest BCUT2D eigenvalue weighted by atomic mass is 10.1. The fourth-order valence-electron chi connectivity index (χ4n) is 1.90. The fourth-order valence-corrected chi connectivity index (χ4v) is 2.36. The van der Waals surface area contributed by atoms with Gasteiger partial charge in [-0.05, 0) is 30.2 Å². The van der Waals surface area contributed by atoms with Gasteiger partial charge in [0.1, 0.15) is 5.75 Å². The molecule has 0 unspecified atom stereocenters. The summed E-state index contributed by atoms with van der Waals surface area (Å²) in [6, 6.07) is 14.6. The largest absolute Gasteiger partial charge is 0.508 e. The van der Waals surface area contributed by atoms with Crippen molar-refractivity contribution in [3.8, 4) is 5.75 Å². The molecule has 20 heavy (non-hydrogen) atoms. The van der Waals surface area contributed by atoms with Gasteiger partial charge in [0, 0.05) is 16.6 Å². The third kappa shape index (κ3) is 4.10. The lowest BCUT2D eigenvalue weighted by molar-refractivity contribution is -0.115. The Morgan fingerprint density at radius 3 is 2.45 bits per heavy atom. The maximum absolute atomic E-state index is 11.9. The first kappa shape index (κ1) is 14.6. The van der Waals surface area contributed by atoms with E-state index in [9.17, 15) is 9.90 Å². The molecule has 0 bridgehead atoms. The summed E-state index contributed by atoms with van der Waals surface area (Å²) < 4.78 is 0. The van der Waals surface area contributed by atoms with E-state index < -0.39 is 0 Å². The van der Waals surface area contributed by atoms with Crippen LogP contribution in [0.4, 0.5) is 5.69 Å². The van der Waals surface area contributed by atoms with E-state index in [1.54, 1.807) is 24.3 Å². The predicted molar refractivity (Wildman–Crippen MR) is 84.4 cm³/mol. The third-order valence-electron chi connectivity index (χ3n) is 2.96. The minimum atomic E-state index is -0.139. The summed E-state index contributed by atoms with van der Waals surface area (Å²) in [4.78, 5) is 11.9. The molecule has 0 aromatic heterocycles. The molecule has 0 heterocycles. The normalized spacial score (nSPS) is 10.2. The number of aromatic hydroxyl groups is 1. The molecular formula is C16H16BrNO2. The van der Waals surface area contributed by atoms with Crippen LogP contribution in [0.5, 0.6) is 5.75 Å². The van der Waals surface area contributed by atoms with Crippen molar-refractivity contribution in [2.75, 3.05) is 10.6 Å². The van der Waals surface area contributed by atoms with Crippen molar-refractivity contribution >= 4 is 27.5 Å². The van der Waals surface area contributed by atoms with Crippen LogP contribution in [0.15, 0.2) is 48.5 Å². The highest BCUT2D eigenvalue weighted by Gasteiger charge is 2.07. The molecule has 3 nitrogen and oxygen atoms in total. The number of aryl methyl sites for hydroxylation is 1. The summed E-state index contributed by atoms with van der Waals surface area (Å²) in [5.41, 5.74) is 2.62. The molecule has 0 fully saturated rings. The van der Waals surface area contributed by atoms with E-state index in [0.29, 0.717) is 5.56 Å². The van der Waals surface area contributed by atoms with Crippen molar-refractivity contribution in [2.45, 2.75) is 12.8 Å². The number of halogens is 1. The van der Waals surface area contributed by atoms with Gasteiger partial charge in [0.2, 0.25) is 5.91 Å². The molecule has 0 saturated carbocycles. The van der Waals surface area contributed by atoms with Gasteiger partial charge in [0.05, 0.1) is 6.42 Å². The van der Waals surface area contributed by atoms with Crippen LogP contribution < -0.4 is 5.32 Å². The van der Waals surface area contributed by atoms with E-state index in [1.807, 2.05) is 24.3 Å². The van der Waals surface area contributed by atoms with Crippen LogP contribution in [-0.2, 0) is 17.6 Å². The van der Waals surface area contributed by atoms with E-state index >= 15 is 0 Å². The summed E-state index contributed by atoms with van der Waals surface area (Å²) in [6.07, 6.45) is 1.13. The molecule has 0 spiro atoms. The number of nitrogens with one attached hydrogen (secondary N) is 1. The van der Waals surface area contributed by atoms with Crippen LogP contribution in [0.3, 0.4) is 0 Å². The van der Waals surface area contributed by atoms with Gasteiger partial charge in [-0.3, -0.25) is 4.79 Å². The zero-order valence-electron chi connectivity index (χ0n) is 11.0. The van der Waals surface area contributed by atoms with Crippen LogP contribution in [0.2, 0.25) is 0 Å². The highest BCUT2D eigenvalue weighted by Crippen LogP contribution is 2.17. The lowest BCUT2D eigenvalue weighted by Gasteiger charge is -2.07. The van der Waals surface area contributed by atoms with E-state index in [4.69, 9.17) is 0 Å². The van der Waals surface area contributed by atoms with Crippen molar-refractivity contribution in [1.29, 1.82) is 0 Å². The Kier molecular flexibility index (Phi) is 5.18. The topological polar surface area (TPSA) is 49.3 Å². The van der Waals surface area contributed by atoms with Gasteiger partial charge in [-0.25, -0.2) is 0 Å². The van der Waals surface area contributed by atoms with Crippen LogP contribution >= 0.6 is 15.9 Å². The molecule has 0 aliphatic rings. The van der Waals surface area contributed by atoms with E-state index in [-0.39, 0.29) is 18.1 Å². The molecule has 0 atom stereocenters. The standard InChI is InChI=1S/C16H16BrNO2/c17-10-9-12-5-7-14(8-6-12)18-16(20)11-13-3-1-2-4-15(13)19/h1-8,19H,9-11H2,(H,18,20). The summed E-state index contributed by atoms with van der Waals surface area (Å²) in [5.74, 6) is 0.00932. The van der Waals surface area contributed by atoms with Crippen LogP contribution in [0.1, 0.15) is 11.1 Å². The van der Waals surface area contributed by atoms with Crippen molar-refractivity contribution < 1.29 is 9.90 Å². The molecule has 0 radical (unpaired) electrons. The summed E-state index contributed by atoms with van der Waals surface area (Å²) in [5, 5.41) is 13.4. The second kappa shape index (κ2) is 7.10. The molecule has 2 aromatic rings. The number of rotatable bonds is 5. The molecule has 2 N–H and O–H groups in total. The first-order valence-electron chi connectivity index (χ1n) is 6.40. The molecule has 1 amide bonds. The Morgan fingerprint density at radius 2 is 1.80 bits per heavy atom. The maximum atomic E-state index is 11.9. The molecule has 2 rings (SSSR count). The van der Waals surface area contributed by atoms with Crippen molar-refractivity contribution in [1.82, 2.24) is 0 Å². The van der Waals surface area contributed by atoms with Crippen molar-refractivity contribution in [2.24, 2.45) is 0 Å². The Labute approximate surface area is 126 Å². The van der Waals surface area contributed by atoms with Gasteiger partial charge in [-0.15, -0.1) is 0 Å². The van der Waals surface area contributed by atoms with Gasteiger partial charge < -0.3 is 10.4 Å². The summed E-state index contributed by atoms with van der Waals surface area (Å²) in [6.45, 7) is 0. The predicted octanol–water partition coefficient (Wildman–Crippen LogP) is 3.51. The first-order valence-corrected chi connectivity index (χ1v) is 7.53. The molecular weight excluding hydrogens is 318 g/mol. The van der Waals surface area contributed by atoms with Crippen molar-refractivity contribution in [3.05, 3.63) is 59.7 Å². The Bertz CT molecular complexity index is 581. The Balaban J connectivity index is 1.96. The molecule has 0 aliphatic carbocycles. The first-order chi connectivity index (χ1) is 9.69. The van der Waals surface area contributed by atoms with Gasteiger partial charge in [0.25, 0.3) is 0 Å². The number of hydrogen-bond donors (Lipinski definition) is 2. The number of alkyl halides is 1. The minimum Gasteiger partial charge on any atom is -0.508 e. The van der Waals surface area contributed by atoms with Gasteiger partial charge in [-0.2, -0.15) is 0 Å². The number of para-hydroxylation sites is 1. The number of carbonyl (C=O) groups is 1. The second-order valence-corrected chi connectivity index (χ2v) is 5.28. The zero-order chi connectivity index (χ0) is 14.4. The lowest BCUT2D eigenvalue weighted by Crippen LogP contribution is -2.14. The highest BCUT2D eigenvalue weighted by molar-refractivity contribution is 9.09. The number of anilines is 1. The fraction of sp³-hybridized carbons (Fsp3) is 0.188. The Morgan fingerprint density at radius 1 is 1.10 bits per heavy atom. The SMILES string of the molecule is O=C(Cc1ccccc1O)Nc1ccc(CCBr)cc1. The monoisotopic (exact) mass is 333 g/mol. The summed E-state index contributed by atoms with van der Waals surface area (Å²) >= 11 is 3.40. The van der Waals surface area contributed by atoms with Gasteiger partial charge in [-0.1, -0.05) is 46.3 Å². The van der Waals surface area contributed by atoms with E-state index in [0.717, 1.165) is 17.4 Å². The zero-order valence-corrected chi connectivity index (χ0v) is 12.6. The number of hydrogen-bond acceptors (Lipinski definition) is 2. The molecule has 2 aromatic carbocycles. The van der Waals surface area contributed by atoms with E-state index in [2.05, 4.69) is 21.2 Å². The average Bonchev–Trinajstić information content (AvgIpc) is 2.44. The number of phenols is 1. The number of phenolic OH excluding ortho intramolecular Hbond substituents is 1. The Hall–Kier alpha value is -1.81. The number of benzene rings is 2. The number of carbonyl (C=O) groups excluding carboxylic acids is 1. The molecule has 0 aliphatic heterocycles. The molecule has 104 valence electrons. The minimum absolute atomic E-state index is 0.139. The third-order valence-corrected chi connectivity index (χ3v) is 3.36. The molecule has 4 heteroatoms. The number of amides is 1. The quantitative estimate of drug-likeness (QED) is 0.822. The second-order valence-electron chi connectivity index (χ2n) is 4.49. The van der Waals surface area contributed by atoms with E-state index in [1.165, 1.54) is 5.56 Å². The molecule has 0 saturated heterocycles. The van der Waals surface area contributed by atoms with Crippen LogP contribution in [0, 0.1) is 0 Å². The van der Waals surface area contributed by atoms with Crippen LogP contribution in [-0.4, -0.2) is 16.3 Å². The summed E-state index contributed by atoms with van der Waals surface area (Å²) in [7, 11) is 0. The maximum Gasteiger partial charge on any atom is 0.228 e. The van der Waals surface area contributed by atoms with Crippen molar-refractivity contribution in [3.63, 3.8) is 0 Å². The average molecular weight is 334 g/mol. The van der Waals surface area contributed by atoms with Gasteiger partial charge >= 0.3 is 0 Å². The van der Waals surface area contributed by atoms with Crippen LogP contribution in [0.25, 0.3) is 0 Å². The highest BCUT2D eigenvalue weighted by atomic mass is 79.9. The van der Waals surface area contributed by atoms with Gasteiger partial charge in [0.15, 0.2) is 0 Å².